The number of thioether (sulfide) groups is 1. The molecule has 0 bridgehead atoms. The van der Waals surface area contributed by atoms with E-state index in [1.165, 1.54) is 29.2 Å². The molecule has 3 aromatic heterocycles. The summed E-state index contributed by atoms with van der Waals surface area (Å²) in [6, 6.07) is 10.3. The van der Waals surface area contributed by atoms with Crippen LogP contribution in [0.1, 0.15) is 21.8 Å². The zero-order valence-corrected chi connectivity index (χ0v) is 16.5. The van der Waals surface area contributed by atoms with Crippen LogP contribution in [-0.4, -0.2) is 9.55 Å². The molecule has 27 heavy (non-hydrogen) atoms. The number of thiophene rings is 1. The summed E-state index contributed by atoms with van der Waals surface area (Å²) in [6.07, 6.45) is 1.58. The SMILES string of the molecule is Cc1sc2nc(SCc3ccccc3F)n(Cc3ccco3)c(=O)c2c1C. The summed E-state index contributed by atoms with van der Waals surface area (Å²) in [5, 5.41) is 1.22. The highest BCUT2D eigenvalue weighted by atomic mass is 32.2. The van der Waals surface area contributed by atoms with Crippen LogP contribution in [0.25, 0.3) is 10.2 Å². The molecule has 0 amide bonds. The number of aryl methyl sites for hydroxylation is 2. The second-order valence-corrected chi connectivity index (χ2v) is 8.35. The summed E-state index contributed by atoms with van der Waals surface area (Å²) in [5.41, 5.74) is 1.46. The van der Waals surface area contributed by atoms with Crippen LogP contribution in [0.2, 0.25) is 0 Å². The third-order valence-corrected chi connectivity index (χ3v) is 6.59. The molecule has 0 atom stereocenters. The largest absolute Gasteiger partial charge is 0.467 e. The average Bonchev–Trinajstić information content (AvgIpc) is 3.26. The summed E-state index contributed by atoms with van der Waals surface area (Å²) >= 11 is 2.87. The molecule has 0 fully saturated rings. The first kappa shape index (κ1) is 18.0. The van der Waals surface area contributed by atoms with Gasteiger partial charge >= 0.3 is 0 Å². The Morgan fingerprint density at radius 1 is 1.22 bits per heavy atom. The lowest BCUT2D eigenvalue weighted by Gasteiger charge is -2.11. The van der Waals surface area contributed by atoms with Crippen LogP contribution in [0.3, 0.4) is 0 Å². The van der Waals surface area contributed by atoms with Crippen molar-refractivity contribution in [2.45, 2.75) is 31.3 Å². The second kappa shape index (κ2) is 7.32. The molecule has 0 unspecified atom stereocenters. The lowest BCUT2D eigenvalue weighted by atomic mass is 10.2. The van der Waals surface area contributed by atoms with E-state index < -0.39 is 0 Å². The van der Waals surface area contributed by atoms with Crippen molar-refractivity contribution in [3.8, 4) is 0 Å². The molecule has 0 saturated heterocycles. The predicted molar refractivity (Wildman–Crippen MR) is 107 cm³/mol. The molecule has 0 aliphatic carbocycles. The summed E-state index contributed by atoms with van der Waals surface area (Å²) in [6.45, 7) is 4.23. The molecule has 7 heteroatoms. The van der Waals surface area contributed by atoms with Gasteiger partial charge in [-0.3, -0.25) is 9.36 Å². The summed E-state index contributed by atoms with van der Waals surface area (Å²) < 4.78 is 21.0. The van der Waals surface area contributed by atoms with Gasteiger partial charge in [-0.15, -0.1) is 11.3 Å². The van der Waals surface area contributed by atoms with Crippen LogP contribution in [-0.2, 0) is 12.3 Å². The van der Waals surface area contributed by atoms with E-state index in [2.05, 4.69) is 0 Å². The number of benzene rings is 1. The van der Waals surface area contributed by atoms with Gasteiger partial charge in [0.1, 0.15) is 16.4 Å². The summed E-state index contributed by atoms with van der Waals surface area (Å²) in [5.74, 6) is 0.816. The van der Waals surface area contributed by atoms with Crippen LogP contribution in [0.4, 0.5) is 4.39 Å². The number of aromatic nitrogens is 2. The number of nitrogens with zero attached hydrogens (tertiary/aromatic N) is 2. The molecule has 1 aromatic carbocycles. The average molecular weight is 401 g/mol. The minimum Gasteiger partial charge on any atom is -0.467 e. The lowest BCUT2D eigenvalue weighted by molar-refractivity contribution is 0.476. The van der Waals surface area contributed by atoms with E-state index in [9.17, 15) is 9.18 Å². The van der Waals surface area contributed by atoms with E-state index in [0.29, 0.717) is 34.2 Å². The number of fused-ring (bicyclic) bond motifs is 1. The molecule has 4 rings (SSSR count). The molecule has 4 nitrogen and oxygen atoms in total. The minimum atomic E-state index is -0.256. The summed E-state index contributed by atoms with van der Waals surface area (Å²) in [4.78, 5) is 19.7. The van der Waals surface area contributed by atoms with E-state index in [-0.39, 0.29) is 11.4 Å². The fraction of sp³-hybridized carbons (Fsp3) is 0.200. The van der Waals surface area contributed by atoms with Crippen LogP contribution >= 0.6 is 23.1 Å². The maximum Gasteiger partial charge on any atom is 0.263 e. The number of halogens is 1. The normalized spacial score (nSPS) is 11.4. The highest BCUT2D eigenvalue weighted by Gasteiger charge is 2.18. The highest BCUT2D eigenvalue weighted by Crippen LogP contribution is 2.30. The molecule has 0 radical (unpaired) electrons. The maximum absolute atomic E-state index is 14.0. The van der Waals surface area contributed by atoms with Gasteiger partial charge in [0, 0.05) is 10.6 Å². The van der Waals surface area contributed by atoms with Crippen molar-refractivity contribution >= 4 is 33.3 Å². The smallest absolute Gasteiger partial charge is 0.263 e. The Morgan fingerprint density at radius 2 is 2.04 bits per heavy atom. The zero-order valence-electron chi connectivity index (χ0n) is 14.9. The van der Waals surface area contributed by atoms with Gasteiger partial charge in [0.05, 0.1) is 18.2 Å². The van der Waals surface area contributed by atoms with E-state index in [1.54, 1.807) is 35.1 Å². The van der Waals surface area contributed by atoms with Gasteiger partial charge < -0.3 is 4.42 Å². The van der Waals surface area contributed by atoms with Crippen molar-refractivity contribution in [2.75, 3.05) is 0 Å². The quantitative estimate of drug-likeness (QED) is 0.343. The molecule has 0 aliphatic rings. The highest BCUT2D eigenvalue weighted by molar-refractivity contribution is 7.98. The van der Waals surface area contributed by atoms with Crippen molar-refractivity contribution in [2.24, 2.45) is 0 Å². The molecule has 4 aromatic rings. The van der Waals surface area contributed by atoms with E-state index >= 15 is 0 Å². The van der Waals surface area contributed by atoms with Gasteiger partial charge in [-0.25, -0.2) is 9.37 Å². The third-order valence-electron chi connectivity index (χ3n) is 4.46. The topological polar surface area (TPSA) is 48.0 Å². The van der Waals surface area contributed by atoms with Crippen molar-refractivity contribution in [1.29, 1.82) is 0 Å². The molecule has 3 heterocycles. The van der Waals surface area contributed by atoms with Crippen molar-refractivity contribution in [1.82, 2.24) is 9.55 Å². The van der Waals surface area contributed by atoms with Crippen LogP contribution in [0.5, 0.6) is 0 Å². The number of furan rings is 1. The maximum atomic E-state index is 14.0. The number of hydrogen-bond donors (Lipinski definition) is 0. The number of rotatable bonds is 5. The Morgan fingerprint density at radius 3 is 2.78 bits per heavy atom. The first-order chi connectivity index (χ1) is 13.0. The van der Waals surface area contributed by atoms with Gasteiger partial charge in [-0.2, -0.15) is 0 Å². The zero-order chi connectivity index (χ0) is 19.0. The number of hydrogen-bond acceptors (Lipinski definition) is 5. The second-order valence-electron chi connectivity index (χ2n) is 6.21. The molecule has 0 N–H and O–H groups in total. The molecular weight excluding hydrogens is 383 g/mol. The Kier molecular flexibility index (Phi) is 4.88. The van der Waals surface area contributed by atoms with Crippen LogP contribution < -0.4 is 5.56 Å². The third kappa shape index (κ3) is 3.44. The van der Waals surface area contributed by atoms with Gasteiger partial charge in [0.2, 0.25) is 0 Å². The fourth-order valence-corrected chi connectivity index (χ4v) is 4.93. The Balaban J connectivity index is 1.79. The van der Waals surface area contributed by atoms with Crippen LogP contribution in [0, 0.1) is 19.7 Å². The lowest BCUT2D eigenvalue weighted by Crippen LogP contribution is -2.23. The van der Waals surface area contributed by atoms with Gasteiger partial charge in [-0.1, -0.05) is 30.0 Å². The summed E-state index contributed by atoms with van der Waals surface area (Å²) in [7, 11) is 0. The monoisotopic (exact) mass is 400 g/mol. The fourth-order valence-electron chi connectivity index (χ4n) is 2.87. The van der Waals surface area contributed by atoms with Crippen molar-refractivity contribution in [3.05, 3.63) is 80.6 Å². The van der Waals surface area contributed by atoms with E-state index in [4.69, 9.17) is 9.40 Å². The van der Waals surface area contributed by atoms with Gasteiger partial charge in [0.15, 0.2) is 5.16 Å². The van der Waals surface area contributed by atoms with E-state index in [1.807, 2.05) is 19.9 Å². The standard InChI is InChI=1S/C20H17FN2O2S2/c1-12-13(2)27-18-17(12)19(24)23(10-15-7-5-9-25-15)20(22-18)26-11-14-6-3-4-8-16(14)21/h3-9H,10-11H2,1-2H3. The Labute approximate surface area is 163 Å². The first-order valence-corrected chi connectivity index (χ1v) is 10.2. The minimum absolute atomic E-state index is 0.0886. The predicted octanol–water partition coefficient (Wildman–Crippen LogP) is 5.15. The molecule has 0 saturated carbocycles. The molecule has 0 aliphatic heterocycles. The first-order valence-electron chi connectivity index (χ1n) is 8.43. The van der Waals surface area contributed by atoms with Crippen molar-refractivity contribution < 1.29 is 8.81 Å². The molecule has 0 spiro atoms. The van der Waals surface area contributed by atoms with E-state index in [0.717, 1.165) is 15.3 Å². The van der Waals surface area contributed by atoms with Gasteiger partial charge in [0.25, 0.3) is 5.56 Å². The van der Waals surface area contributed by atoms with Gasteiger partial charge in [-0.05, 0) is 43.2 Å². The Bertz CT molecular complexity index is 1160. The van der Waals surface area contributed by atoms with Crippen LogP contribution in [0.15, 0.2) is 57.0 Å². The Hall–Kier alpha value is -2.38. The van der Waals surface area contributed by atoms with Crippen molar-refractivity contribution in [3.63, 3.8) is 0 Å². The molecular formula is C20H17FN2O2S2. The molecule has 138 valence electrons.